The highest BCUT2D eigenvalue weighted by Crippen LogP contribution is 2.26. The van der Waals surface area contributed by atoms with E-state index in [4.69, 9.17) is 16.3 Å². The molecule has 0 radical (unpaired) electrons. The van der Waals surface area contributed by atoms with Gasteiger partial charge in [0, 0.05) is 6.07 Å². The van der Waals surface area contributed by atoms with Gasteiger partial charge >= 0.3 is 0 Å². The van der Waals surface area contributed by atoms with Gasteiger partial charge in [-0.25, -0.2) is 4.52 Å². The summed E-state index contributed by atoms with van der Waals surface area (Å²) in [4.78, 5) is 0. The van der Waals surface area contributed by atoms with Crippen LogP contribution in [0.15, 0.2) is 22.9 Å². The maximum absolute atomic E-state index is 5.91. The van der Waals surface area contributed by atoms with Crippen LogP contribution in [0.25, 0.3) is 5.52 Å². The molecule has 2 rings (SSSR count). The third-order valence-corrected chi connectivity index (χ3v) is 2.38. The molecule has 0 N–H and O–H groups in total. The molecular weight excluding hydrogens is 255 g/mol. The van der Waals surface area contributed by atoms with E-state index in [0.717, 1.165) is 10.1 Å². The Labute approximate surface area is 88.4 Å². The molecule has 0 aliphatic heterocycles. The minimum Gasteiger partial charge on any atom is -0.495 e. The van der Waals surface area contributed by atoms with Gasteiger partial charge in [0.05, 0.1) is 18.8 Å². The van der Waals surface area contributed by atoms with E-state index in [0.29, 0.717) is 10.8 Å². The zero-order valence-electron chi connectivity index (χ0n) is 6.79. The molecule has 0 bridgehead atoms. The van der Waals surface area contributed by atoms with Gasteiger partial charge < -0.3 is 4.74 Å². The summed E-state index contributed by atoms with van der Waals surface area (Å²) < 4.78 is 7.54. The fourth-order valence-corrected chi connectivity index (χ4v) is 1.75. The van der Waals surface area contributed by atoms with E-state index in [9.17, 15) is 0 Å². The average molecular weight is 262 g/mol. The Morgan fingerprint density at radius 1 is 1.54 bits per heavy atom. The zero-order valence-corrected chi connectivity index (χ0v) is 9.13. The van der Waals surface area contributed by atoms with Crippen LogP contribution in [0.1, 0.15) is 0 Å². The Morgan fingerprint density at radius 2 is 2.31 bits per heavy atom. The highest BCUT2D eigenvalue weighted by Gasteiger charge is 2.04. The van der Waals surface area contributed by atoms with Gasteiger partial charge in [-0.1, -0.05) is 11.6 Å². The van der Waals surface area contributed by atoms with Gasteiger partial charge in [-0.2, -0.15) is 5.10 Å². The molecule has 0 saturated heterocycles. The number of ether oxygens (including phenoxy) is 1. The number of hydrogen-bond acceptors (Lipinski definition) is 2. The van der Waals surface area contributed by atoms with Crippen LogP contribution in [-0.2, 0) is 0 Å². The third-order valence-electron chi connectivity index (χ3n) is 1.70. The summed E-state index contributed by atoms with van der Waals surface area (Å²) in [7, 11) is 1.59. The molecule has 0 unspecified atom stereocenters. The Bertz CT molecular complexity index is 455. The Hall–Kier alpha value is -0.740. The van der Waals surface area contributed by atoms with Crippen LogP contribution in [-0.4, -0.2) is 16.7 Å². The van der Waals surface area contributed by atoms with Crippen molar-refractivity contribution in [2.75, 3.05) is 7.11 Å². The second-order valence-electron chi connectivity index (χ2n) is 2.53. The van der Waals surface area contributed by atoms with Crippen molar-refractivity contribution in [3.63, 3.8) is 0 Å². The van der Waals surface area contributed by atoms with Crippen LogP contribution >= 0.6 is 27.5 Å². The predicted octanol–water partition coefficient (Wildman–Crippen LogP) is 2.76. The minimum atomic E-state index is 0.547. The normalized spacial score (nSPS) is 10.7. The van der Waals surface area contributed by atoms with Gasteiger partial charge in [0.2, 0.25) is 0 Å². The third kappa shape index (κ3) is 1.51. The minimum absolute atomic E-state index is 0.547. The molecule has 0 aliphatic rings. The van der Waals surface area contributed by atoms with Gasteiger partial charge in [0.25, 0.3) is 0 Å². The molecule has 0 atom stereocenters. The summed E-state index contributed by atoms with van der Waals surface area (Å²) >= 11 is 9.19. The SMILES string of the molecule is COc1cc2cc(Br)nn2cc1Cl. The smallest absolute Gasteiger partial charge is 0.141 e. The Morgan fingerprint density at radius 3 is 3.00 bits per heavy atom. The molecule has 13 heavy (non-hydrogen) atoms. The lowest BCUT2D eigenvalue weighted by Crippen LogP contribution is -1.90. The van der Waals surface area contributed by atoms with E-state index in [1.165, 1.54) is 0 Å². The highest BCUT2D eigenvalue weighted by atomic mass is 79.9. The van der Waals surface area contributed by atoms with E-state index in [2.05, 4.69) is 21.0 Å². The summed E-state index contributed by atoms with van der Waals surface area (Å²) in [6.07, 6.45) is 1.71. The molecule has 0 fully saturated rings. The number of halogens is 2. The Balaban J connectivity index is 2.72. The van der Waals surface area contributed by atoms with E-state index in [1.54, 1.807) is 17.8 Å². The van der Waals surface area contributed by atoms with Crippen LogP contribution in [0.4, 0.5) is 0 Å². The maximum atomic E-state index is 5.91. The molecule has 68 valence electrons. The quantitative estimate of drug-likeness (QED) is 0.789. The lowest BCUT2D eigenvalue weighted by molar-refractivity contribution is 0.415. The van der Waals surface area contributed by atoms with Crippen molar-refractivity contribution in [3.05, 3.63) is 28.0 Å². The molecule has 0 spiro atoms. The summed E-state index contributed by atoms with van der Waals surface area (Å²) in [6.45, 7) is 0. The standard InChI is InChI=1S/C8H6BrClN2O/c1-13-7-2-5-3-8(9)11-12(5)4-6(7)10/h2-4H,1H3. The van der Waals surface area contributed by atoms with Gasteiger partial charge in [0.1, 0.15) is 15.4 Å². The second-order valence-corrected chi connectivity index (χ2v) is 3.75. The topological polar surface area (TPSA) is 26.5 Å². The van der Waals surface area contributed by atoms with Crippen molar-refractivity contribution in [3.8, 4) is 5.75 Å². The highest BCUT2D eigenvalue weighted by molar-refractivity contribution is 9.10. The lowest BCUT2D eigenvalue weighted by atomic mass is 10.4. The van der Waals surface area contributed by atoms with Crippen molar-refractivity contribution in [1.82, 2.24) is 9.61 Å². The molecule has 2 heterocycles. The fraction of sp³-hybridized carbons (Fsp3) is 0.125. The van der Waals surface area contributed by atoms with Crippen molar-refractivity contribution in [1.29, 1.82) is 0 Å². The van der Waals surface area contributed by atoms with Gasteiger partial charge in [-0.05, 0) is 22.0 Å². The first kappa shape index (κ1) is 8.84. The van der Waals surface area contributed by atoms with Gasteiger partial charge in [0.15, 0.2) is 0 Å². The first-order valence-corrected chi connectivity index (χ1v) is 4.76. The van der Waals surface area contributed by atoms with Crippen LogP contribution < -0.4 is 4.74 Å². The fourth-order valence-electron chi connectivity index (χ4n) is 1.12. The monoisotopic (exact) mass is 260 g/mol. The van der Waals surface area contributed by atoms with Crippen LogP contribution in [0.2, 0.25) is 5.02 Å². The van der Waals surface area contributed by atoms with Crippen molar-refractivity contribution < 1.29 is 4.74 Å². The van der Waals surface area contributed by atoms with Gasteiger partial charge in [-0.15, -0.1) is 0 Å². The first-order chi connectivity index (χ1) is 6.20. The maximum Gasteiger partial charge on any atom is 0.141 e. The molecule has 0 amide bonds. The van der Waals surface area contributed by atoms with Crippen LogP contribution in [0, 0.1) is 0 Å². The Kier molecular flexibility index (Phi) is 2.17. The number of rotatable bonds is 1. The molecule has 0 aliphatic carbocycles. The van der Waals surface area contributed by atoms with Gasteiger partial charge in [-0.3, -0.25) is 0 Å². The molecule has 3 nitrogen and oxygen atoms in total. The predicted molar refractivity (Wildman–Crippen MR) is 54.5 cm³/mol. The molecule has 5 heteroatoms. The number of nitrogens with zero attached hydrogens (tertiary/aromatic N) is 2. The summed E-state index contributed by atoms with van der Waals surface area (Å²) in [5, 5.41) is 4.69. The number of hydrogen-bond donors (Lipinski definition) is 0. The summed E-state index contributed by atoms with van der Waals surface area (Å²) in [5.74, 6) is 0.654. The van der Waals surface area contributed by atoms with Crippen molar-refractivity contribution in [2.24, 2.45) is 0 Å². The summed E-state index contributed by atoms with van der Waals surface area (Å²) in [5.41, 5.74) is 0.938. The molecule has 0 aromatic carbocycles. The molecule has 0 saturated carbocycles. The van der Waals surface area contributed by atoms with E-state index >= 15 is 0 Å². The number of pyridine rings is 1. The van der Waals surface area contributed by atoms with Crippen LogP contribution in [0.3, 0.4) is 0 Å². The zero-order chi connectivity index (χ0) is 9.42. The molecule has 2 aromatic heterocycles. The number of fused-ring (bicyclic) bond motifs is 1. The van der Waals surface area contributed by atoms with Crippen molar-refractivity contribution >= 4 is 33.0 Å². The lowest BCUT2D eigenvalue weighted by Gasteiger charge is -2.02. The number of aromatic nitrogens is 2. The summed E-state index contributed by atoms with van der Waals surface area (Å²) in [6, 6.07) is 3.72. The van der Waals surface area contributed by atoms with Crippen molar-refractivity contribution in [2.45, 2.75) is 0 Å². The second kappa shape index (κ2) is 3.20. The van der Waals surface area contributed by atoms with Crippen LogP contribution in [0.5, 0.6) is 5.75 Å². The molecular formula is C8H6BrClN2O. The number of methoxy groups -OCH3 is 1. The van der Waals surface area contributed by atoms with E-state index in [-0.39, 0.29) is 0 Å². The van der Waals surface area contributed by atoms with E-state index < -0.39 is 0 Å². The first-order valence-electron chi connectivity index (χ1n) is 3.59. The van der Waals surface area contributed by atoms with E-state index in [1.807, 2.05) is 12.1 Å². The largest absolute Gasteiger partial charge is 0.495 e. The average Bonchev–Trinajstić information content (AvgIpc) is 2.42. The molecule has 2 aromatic rings.